The number of nitrogens with one attached hydrogen (secondary N) is 2. The van der Waals surface area contributed by atoms with Crippen molar-refractivity contribution in [3.63, 3.8) is 0 Å². The van der Waals surface area contributed by atoms with E-state index in [-0.39, 0.29) is 6.61 Å². The van der Waals surface area contributed by atoms with Crippen LogP contribution in [0, 0.1) is 6.92 Å². The summed E-state index contributed by atoms with van der Waals surface area (Å²) in [6.07, 6.45) is 1.60. The van der Waals surface area contributed by atoms with E-state index in [9.17, 15) is 4.79 Å². The molecule has 0 fully saturated rings. The normalized spacial score (nSPS) is 10.4. The fourth-order valence-corrected chi connectivity index (χ4v) is 1.93. The van der Waals surface area contributed by atoms with Gasteiger partial charge in [0.2, 0.25) is 0 Å². The van der Waals surface area contributed by atoms with Crippen molar-refractivity contribution in [3.8, 4) is 5.75 Å². The van der Waals surface area contributed by atoms with E-state index in [0.717, 1.165) is 11.3 Å². The number of aryl methyl sites for hydroxylation is 1. The number of carboxylic acid groups (broad SMARTS) is 1. The van der Waals surface area contributed by atoms with Crippen LogP contribution < -0.4 is 15.5 Å². The number of ether oxygens (including phenoxy) is 1. The molecule has 3 N–H and O–H groups in total. The third-order valence-electron chi connectivity index (χ3n) is 2.93. The lowest BCUT2D eigenvalue weighted by Crippen LogP contribution is -2.23. The molecule has 0 spiro atoms. The first-order chi connectivity index (χ1) is 11.5. The highest BCUT2D eigenvalue weighted by Gasteiger charge is 1.99. The van der Waals surface area contributed by atoms with Crippen molar-refractivity contribution >= 4 is 35.2 Å². The molecular formula is C17H17N3O3S. The lowest BCUT2D eigenvalue weighted by atomic mass is 10.2. The minimum absolute atomic E-state index is 0.367. The number of aliphatic carboxylic acids is 1. The van der Waals surface area contributed by atoms with Crippen molar-refractivity contribution in [3.05, 3.63) is 59.7 Å². The summed E-state index contributed by atoms with van der Waals surface area (Å²) >= 11 is 5.15. The van der Waals surface area contributed by atoms with Gasteiger partial charge in [-0.2, -0.15) is 5.10 Å². The summed E-state index contributed by atoms with van der Waals surface area (Å²) in [4.78, 5) is 10.4. The molecular weight excluding hydrogens is 326 g/mol. The maximum atomic E-state index is 10.4. The molecule has 0 unspecified atom stereocenters. The zero-order valence-corrected chi connectivity index (χ0v) is 13.8. The Labute approximate surface area is 145 Å². The van der Waals surface area contributed by atoms with Crippen LogP contribution in [0.1, 0.15) is 11.1 Å². The number of hydrogen-bond acceptors (Lipinski definition) is 4. The van der Waals surface area contributed by atoms with Crippen LogP contribution in [-0.4, -0.2) is 29.0 Å². The van der Waals surface area contributed by atoms with E-state index in [0.29, 0.717) is 10.9 Å². The highest BCUT2D eigenvalue weighted by Crippen LogP contribution is 2.11. The number of benzene rings is 2. The highest BCUT2D eigenvalue weighted by atomic mass is 32.1. The van der Waals surface area contributed by atoms with Gasteiger partial charge in [0, 0.05) is 5.69 Å². The second-order valence-corrected chi connectivity index (χ2v) is 5.35. The first kappa shape index (κ1) is 17.4. The smallest absolute Gasteiger partial charge is 0.341 e. The van der Waals surface area contributed by atoms with Gasteiger partial charge in [0.15, 0.2) is 11.7 Å². The van der Waals surface area contributed by atoms with E-state index in [4.69, 9.17) is 22.1 Å². The summed E-state index contributed by atoms with van der Waals surface area (Å²) in [5.74, 6) is -0.529. The third-order valence-corrected chi connectivity index (χ3v) is 3.12. The standard InChI is InChI=1S/C17H17N3O3S/c1-12-2-6-14(7-3-12)19-17(24)20-18-10-13-4-8-15(9-5-13)23-11-16(21)22/h2-10H,11H2,1H3,(H,21,22)(H2,19,20,24)/b18-10-. The fourth-order valence-electron chi connectivity index (χ4n) is 1.76. The van der Waals surface area contributed by atoms with E-state index in [1.54, 1.807) is 30.5 Å². The Bertz CT molecular complexity index is 728. The zero-order chi connectivity index (χ0) is 17.4. The van der Waals surface area contributed by atoms with Crippen molar-refractivity contribution in [2.45, 2.75) is 6.92 Å². The predicted molar refractivity (Wildman–Crippen MR) is 97.7 cm³/mol. The van der Waals surface area contributed by atoms with Crippen LogP contribution >= 0.6 is 12.2 Å². The summed E-state index contributed by atoms with van der Waals surface area (Å²) in [6, 6.07) is 14.7. The second kappa shape index (κ2) is 8.64. The SMILES string of the molecule is Cc1ccc(NC(=S)N/N=C\c2ccc(OCC(=O)O)cc2)cc1. The molecule has 0 bridgehead atoms. The van der Waals surface area contributed by atoms with E-state index in [1.807, 2.05) is 31.2 Å². The zero-order valence-electron chi connectivity index (χ0n) is 13.0. The number of hydrazone groups is 1. The first-order valence-electron chi connectivity index (χ1n) is 7.14. The van der Waals surface area contributed by atoms with Crippen LogP contribution in [0.2, 0.25) is 0 Å². The molecule has 0 atom stereocenters. The minimum Gasteiger partial charge on any atom is -0.482 e. The Balaban J connectivity index is 1.81. The van der Waals surface area contributed by atoms with Gasteiger partial charge in [-0.05, 0) is 61.1 Å². The van der Waals surface area contributed by atoms with Crippen molar-refractivity contribution in [2.75, 3.05) is 11.9 Å². The van der Waals surface area contributed by atoms with Gasteiger partial charge in [-0.3, -0.25) is 5.43 Å². The van der Waals surface area contributed by atoms with Crippen LogP contribution in [-0.2, 0) is 4.79 Å². The van der Waals surface area contributed by atoms with Crippen LogP contribution in [0.5, 0.6) is 5.75 Å². The van der Waals surface area contributed by atoms with Gasteiger partial charge < -0.3 is 15.2 Å². The lowest BCUT2D eigenvalue weighted by molar-refractivity contribution is -0.139. The Morgan fingerprint density at radius 1 is 1.21 bits per heavy atom. The molecule has 0 heterocycles. The van der Waals surface area contributed by atoms with Crippen LogP contribution in [0.4, 0.5) is 5.69 Å². The van der Waals surface area contributed by atoms with Crippen molar-refractivity contribution in [2.24, 2.45) is 5.10 Å². The van der Waals surface area contributed by atoms with Crippen LogP contribution in [0.3, 0.4) is 0 Å². The van der Waals surface area contributed by atoms with Gasteiger partial charge in [0.25, 0.3) is 0 Å². The van der Waals surface area contributed by atoms with E-state index in [2.05, 4.69) is 15.8 Å². The third kappa shape index (κ3) is 6.05. The lowest BCUT2D eigenvalue weighted by Gasteiger charge is -2.07. The summed E-state index contributed by atoms with van der Waals surface area (Å²) in [5, 5.41) is 16.0. The molecule has 6 nitrogen and oxygen atoms in total. The van der Waals surface area contributed by atoms with Gasteiger partial charge in [0.1, 0.15) is 5.75 Å². The number of carbonyl (C=O) groups is 1. The number of nitrogens with zero attached hydrogens (tertiary/aromatic N) is 1. The molecule has 0 radical (unpaired) electrons. The summed E-state index contributed by atoms with van der Waals surface area (Å²) < 4.78 is 5.05. The Hall–Kier alpha value is -2.93. The van der Waals surface area contributed by atoms with Crippen molar-refractivity contribution in [1.82, 2.24) is 5.43 Å². The molecule has 7 heteroatoms. The molecule has 0 saturated heterocycles. The molecule has 0 saturated carbocycles. The van der Waals surface area contributed by atoms with E-state index >= 15 is 0 Å². The van der Waals surface area contributed by atoms with E-state index < -0.39 is 5.97 Å². The molecule has 0 amide bonds. The molecule has 124 valence electrons. The summed E-state index contributed by atoms with van der Waals surface area (Å²) in [7, 11) is 0. The number of carboxylic acids is 1. The number of hydrogen-bond donors (Lipinski definition) is 3. The molecule has 2 aromatic rings. The van der Waals surface area contributed by atoms with Gasteiger partial charge in [-0.15, -0.1) is 0 Å². The molecule has 0 aliphatic rings. The first-order valence-corrected chi connectivity index (χ1v) is 7.55. The van der Waals surface area contributed by atoms with Gasteiger partial charge >= 0.3 is 5.97 Å². The molecule has 24 heavy (non-hydrogen) atoms. The van der Waals surface area contributed by atoms with Gasteiger partial charge in [-0.1, -0.05) is 17.7 Å². The van der Waals surface area contributed by atoms with Gasteiger partial charge in [0.05, 0.1) is 6.21 Å². The topological polar surface area (TPSA) is 83.0 Å². The maximum absolute atomic E-state index is 10.4. The highest BCUT2D eigenvalue weighted by molar-refractivity contribution is 7.80. The van der Waals surface area contributed by atoms with E-state index in [1.165, 1.54) is 5.56 Å². The monoisotopic (exact) mass is 343 g/mol. The Kier molecular flexibility index (Phi) is 6.27. The Morgan fingerprint density at radius 3 is 2.50 bits per heavy atom. The number of rotatable bonds is 6. The van der Waals surface area contributed by atoms with Crippen molar-refractivity contribution < 1.29 is 14.6 Å². The average Bonchev–Trinajstić information content (AvgIpc) is 2.56. The fraction of sp³-hybridized carbons (Fsp3) is 0.118. The summed E-state index contributed by atoms with van der Waals surface area (Å²) in [5.41, 5.74) is 5.61. The van der Waals surface area contributed by atoms with Crippen LogP contribution in [0.25, 0.3) is 0 Å². The average molecular weight is 343 g/mol. The number of thiocarbonyl (C=S) groups is 1. The minimum atomic E-state index is -1.01. The summed E-state index contributed by atoms with van der Waals surface area (Å²) in [6.45, 7) is 1.65. The molecule has 0 aliphatic carbocycles. The molecule has 0 aromatic heterocycles. The largest absolute Gasteiger partial charge is 0.482 e. The van der Waals surface area contributed by atoms with Crippen molar-refractivity contribution in [1.29, 1.82) is 0 Å². The molecule has 2 aromatic carbocycles. The maximum Gasteiger partial charge on any atom is 0.341 e. The van der Waals surface area contributed by atoms with Crippen LogP contribution in [0.15, 0.2) is 53.6 Å². The molecule has 0 aliphatic heterocycles. The predicted octanol–water partition coefficient (Wildman–Crippen LogP) is 2.78. The second-order valence-electron chi connectivity index (χ2n) is 4.94. The molecule has 2 rings (SSSR count). The Morgan fingerprint density at radius 2 is 1.88 bits per heavy atom. The number of anilines is 1. The quantitative estimate of drug-likeness (QED) is 0.425. The van der Waals surface area contributed by atoms with Gasteiger partial charge in [-0.25, -0.2) is 4.79 Å².